The van der Waals surface area contributed by atoms with Crippen LogP contribution < -0.4 is 15.4 Å². The van der Waals surface area contributed by atoms with Crippen LogP contribution in [0.15, 0.2) is 41.9 Å². The Bertz CT molecular complexity index is 1100. The molecule has 28 heavy (non-hydrogen) atoms. The van der Waals surface area contributed by atoms with Gasteiger partial charge < -0.3 is 15.4 Å². The minimum Gasteiger partial charge on any atom is -0.495 e. The lowest BCUT2D eigenvalue weighted by Gasteiger charge is -2.11. The van der Waals surface area contributed by atoms with Gasteiger partial charge >= 0.3 is 0 Å². The predicted molar refractivity (Wildman–Crippen MR) is 114 cm³/mol. The van der Waals surface area contributed by atoms with Crippen LogP contribution in [0.4, 0.5) is 17.5 Å². The Labute approximate surface area is 171 Å². The van der Waals surface area contributed by atoms with Crippen LogP contribution in [-0.4, -0.2) is 33.4 Å². The lowest BCUT2D eigenvalue weighted by molar-refractivity contribution is 0.415. The number of aryl methyl sites for hydroxylation is 1. The van der Waals surface area contributed by atoms with E-state index in [4.69, 9.17) is 16.3 Å². The lowest BCUT2D eigenvalue weighted by atomic mass is 10.3. The summed E-state index contributed by atoms with van der Waals surface area (Å²) in [6, 6.07) is 9.68. The van der Waals surface area contributed by atoms with Crippen molar-refractivity contribution in [2.24, 2.45) is 7.05 Å². The molecule has 7 nitrogen and oxygen atoms in total. The molecule has 0 radical (unpaired) electrons. The van der Waals surface area contributed by atoms with Crippen molar-refractivity contribution in [1.82, 2.24) is 19.7 Å². The molecular formula is C19H19ClN6OS. The van der Waals surface area contributed by atoms with Crippen molar-refractivity contribution in [2.45, 2.75) is 6.42 Å². The molecule has 0 fully saturated rings. The third kappa shape index (κ3) is 3.88. The molecule has 0 atom stereocenters. The van der Waals surface area contributed by atoms with E-state index in [9.17, 15) is 0 Å². The van der Waals surface area contributed by atoms with E-state index in [1.54, 1.807) is 35.4 Å². The molecule has 4 rings (SSSR count). The molecular weight excluding hydrogens is 396 g/mol. The number of aromatic nitrogens is 4. The zero-order valence-corrected chi connectivity index (χ0v) is 17.0. The van der Waals surface area contributed by atoms with Crippen molar-refractivity contribution < 1.29 is 4.74 Å². The first kappa shape index (κ1) is 18.5. The van der Waals surface area contributed by atoms with Gasteiger partial charge in [-0.3, -0.25) is 4.68 Å². The molecule has 0 amide bonds. The topological polar surface area (TPSA) is 76.9 Å². The average molecular weight is 415 g/mol. The molecule has 3 aromatic heterocycles. The van der Waals surface area contributed by atoms with E-state index < -0.39 is 0 Å². The predicted octanol–water partition coefficient (Wildman–Crippen LogP) is 4.49. The van der Waals surface area contributed by atoms with Crippen molar-refractivity contribution in [3.8, 4) is 5.75 Å². The van der Waals surface area contributed by atoms with Crippen molar-refractivity contribution >= 4 is 51.4 Å². The van der Waals surface area contributed by atoms with Crippen molar-refractivity contribution in [3.63, 3.8) is 0 Å². The molecule has 0 saturated heterocycles. The number of ether oxygens (including phenoxy) is 1. The smallest absolute Gasteiger partial charge is 0.226 e. The minimum absolute atomic E-state index is 0.526. The SMILES string of the molecule is COc1ccc(Nc2nc(NCCc3cccs3)nc3c2cnn3C)cc1Cl. The zero-order valence-electron chi connectivity index (χ0n) is 15.4. The number of rotatable bonds is 7. The standard InChI is InChI=1S/C19H19ClN6OS/c1-26-18-14(11-22-26)17(23-12-5-6-16(27-2)15(20)10-12)24-19(25-18)21-8-7-13-4-3-9-28-13/h3-6,9-11H,7-8H2,1-2H3,(H2,21,23,24,25). The van der Waals surface area contributed by atoms with Crippen LogP contribution >= 0.6 is 22.9 Å². The summed E-state index contributed by atoms with van der Waals surface area (Å²) < 4.78 is 6.94. The Balaban J connectivity index is 1.60. The third-order valence-corrected chi connectivity index (χ3v) is 5.47. The van der Waals surface area contributed by atoms with Crippen LogP contribution in [0.3, 0.4) is 0 Å². The first-order chi connectivity index (χ1) is 13.6. The highest BCUT2D eigenvalue weighted by molar-refractivity contribution is 7.09. The van der Waals surface area contributed by atoms with Gasteiger partial charge in [0.15, 0.2) is 5.65 Å². The highest BCUT2D eigenvalue weighted by atomic mass is 35.5. The van der Waals surface area contributed by atoms with E-state index in [1.807, 2.05) is 19.2 Å². The van der Waals surface area contributed by atoms with E-state index >= 15 is 0 Å². The summed E-state index contributed by atoms with van der Waals surface area (Å²) >= 11 is 7.98. The fourth-order valence-electron chi connectivity index (χ4n) is 2.83. The van der Waals surface area contributed by atoms with Gasteiger partial charge in [-0.05, 0) is 36.1 Å². The molecule has 0 saturated carbocycles. The molecule has 0 unspecified atom stereocenters. The van der Waals surface area contributed by atoms with Gasteiger partial charge in [0.25, 0.3) is 0 Å². The number of halogens is 1. The number of nitrogens with one attached hydrogen (secondary N) is 2. The van der Waals surface area contributed by atoms with Crippen LogP contribution in [0, 0.1) is 0 Å². The summed E-state index contributed by atoms with van der Waals surface area (Å²) in [5.74, 6) is 1.84. The molecule has 0 aliphatic rings. The molecule has 0 aliphatic carbocycles. The Kier molecular flexibility index (Phi) is 5.31. The number of fused-ring (bicyclic) bond motifs is 1. The number of benzene rings is 1. The van der Waals surface area contributed by atoms with Crippen LogP contribution in [-0.2, 0) is 13.5 Å². The number of anilines is 3. The highest BCUT2D eigenvalue weighted by Gasteiger charge is 2.13. The third-order valence-electron chi connectivity index (χ3n) is 4.24. The Morgan fingerprint density at radius 2 is 2.14 bits per heavy atom. The molecule has 0 aliphatic heterocycles. The molecule has 1 aromatic carbocycles. The summed E-state index contributed by atoms with van der Waals surface area (Å²) in [7, 11) is 3.45. The Hall–Kier alpha value is -2.84. The van der Waals surface area contributed by atoms with E-state index in [2.05, 4.69) is 43.2 Å². The van der Waals surface area contributed by atoms with Crippen LogP contribution in [0.2, 0.25) is 5.02 Å². The number of thiophene rings is 1. The molecule has 2 N–H and O–H groups in total. The summed E-state index contributed by atoms with van der Waals surface area (Å²) in [4.78, 5) is 10.6. The van der Waals surface area contributed by atoms with Crippen molar-refractivity contribution in [2.75, 3.05) is 24.3 Å². The van der Waals surface area contributed by atoms with E-state index in [-0.39, 0.29) is 0 Å². The fraction of sp³-hybridized carbons (Fsp3) is 0.211. The quantitative estimate of drug-likeness (QED) is 0.464. The van der Waals surface area contributed by atoms with Crippen LogP contribution in [0.5, 0.6) is 5.75 Å². The van der Waals surface area contributed by atoms with Crippen molar-refractivity contribution in [3.05, 3.63) is 51.8 Å². The van der Waals surface area contributed by atoms with Crippen molar-refractivity contribution in [1.29, 1.82) is 0 Å². The van der Waals surface area contributed by atoms with Gasteiger partial charge in [-0.2, -0.15) is 15.1 Å². The first-order valence-corrected chi connectivity index (χ1v) is 9.96. The van der Waals surface area contributed by atoms with E-state index in [1.165, 1.54) is 4.88 Å². The van der Waals surface area contributed by atoms with Gasteiger partial charge in [0.05, 0.1) is 23.7 Å². The maximum Gasteiger partial charge on any atom is 0.226 e. The van der Waals surface area contributed by atoms with E-state index in [0.717, 1.165) is 29.7 Å². The molecule has 4 aromatic rings. The van der Waals surface area contributed by atoms with Crippen LogP contribution in [0.1, 0.15) is 4.88 Å². The second kappa shape index (κ2) is 8.04. The normalized spacial score (nSPS) is 11.0. The number of nitrogens with zero attached hydrogens (tertiary/aromatic N) is 4. The van der Waals surface area contributed by atoms with Gasteiger partial charge in [0, 0.05) is 24.2 Å². The first-order valence-electron chi connectivity index (χ1n) is 8.70. The second-order valence-electron chi connectivity index (χ2n) is 6.13. The molecule has 0 spiro atoms. The van der Waals surface area contributed by atoms with Gasteiger partial charge in [0.1, 0.15) is 11.6 Å². The number of hydrogen-bond acceptors (Lipinski definition) is 7. The summed E-state index contributed by atoms with van der Waals surface area (Å²) in [6.07, 6.45) is 2.67. The summed E-state index contributed by atoms with van der Waals surface area (Å²) in [6.45, 7) is 0.748. The Morgan fingerprint density at radius 1 is 1.25 bits per heavy atom. The maximum absolute atomic E-state index is 6.24. The molecule has 144 valence electrons. The lowest BCUT2D eigenvalue weighted by Crippen LogP contribution is -2.09. The summed E-state index contributed by atoms with van der Waals surface area (Å²) in [5, 5.41) is 14.4. The highest BCUT2D eigenvalue weighted by Crippen LogP contribution is 2.30. The van der Waals surface area contributed by atoms with Gasteiger partial charge in [0.2, 0.25) is 5.95 Å². The average Bonchev–Trinajstić information content (AvgIpc) is 3.33. The largest absolute Gasteiger partial charge is 0.495 e. The number of methoxy groups -OCH3 is 1. The van der Waals surface area contributed by atoms with Gasteiger partial charge in [-0.1, -0.05) is 17.7 Å². The Morgan fingerprint density at radius 3 is 2.89 bits per heavy atom. The molecule has 0 bridgehead atoms. The molecule has 9 heteroatoms. The minimum atomic E-state index is 0.526. The van der Waals surface area contributed by atoms with Crippen LogP contribution in [0.25, 0.3) is 11.0 Å². The van der Waals surface area contributed by atoms with E-state index in [0.29, 0.717) is 22.5 Å². The summed E-state index contributed by atoms with van der Waals surface area (Å²) in [5.41, 5.74) is 1.55. The van der Waals surface area contributed by atoms with Gasteiger partial charge in [-0.25, -0.2) is 0 Å². The fourth-order valence-corrected chi connectivity index (χ4v) is 3.80. The van der Waals surface area contributed by atoms with Gasteiger partial charge in [-0.15, -0.1) is 11.3 Å². The maximum atomic E-state index is 6.24. The second-order valence-corrected chi connectivity index (χ2v) is 7.57. The molecule has 3 heterocycles. The monoisotopic (exact) mass is 414 g/mol. The number of hydrogen-bond donors (Lipinski definition) is 2. The zero-order chi connectivity index (χ0) is 19.5.